The van der Waals surface area contributed by atoms with Gasteiger partial charge in [-0.2, -0.15) is 10.1 Å². The molecular formula is C17H15N5O4S. The first kappa shape index (κ1) is 17.2. The fraction of sp³-hybridized carbons (Fsp3) is 0.118. The monoisotopic (exact) mass is 385 g/mol. The maximum absolute atomic E-state index is 11.6. The third-order valence-corrected chi connectivity index (χ3v) is 5.07. The van der Waals surface area contributed by atoms with E-state index in [9.17, 15) is 8.42 Å². The van der Waals surface area contributed by atoms with Crippen molar-refractivity contribution in [2.75, 3.05) is 7.11 Å². The zero-order chi connectivity index (χ0) is 19.2. The van der Waals surface area contributed by atoms with Gasteiger partial charge in [0.15, 0.2) is 0 Å². The number of aryl methyl sites for hydroxylation is 1. The van der Waals surface area contributed by atoms with E-state index in [0.29, 0.717) is 17.1 Å². The summed E-state index contributed by atoms with van der Waals surface area (Å²) in [6.07, 6.45) is 1.77. The zero-order valence-electron chi connectivity index (χ0n) is 14.4. The Bertz CT molecular complexity index is 1260. The highest BCUT2D eigenvalue weighted by Crippen LogP contribution is 2.32. The smallest absolute Gasteiger partial charge is 0.262 e. The summed E-state index contributed by atoms with van der Waals surface area (Å²) in [6.45, 7) is 0. The van der Waals surface area contributed by atoms with Crippen molar-refractivity contribution in [2.45, 2.75) is 4.90 Å². The maximum Gasteiger partial charge on any atom is 0.262 e. The number of nitrogens with zero attached hydrogens (tertiary/aromatic N) is 4. The van der Waals surface area contributed by atoms with Crippen molar-refractivity contribution >= 4 is 20.9 Å². The van der Waals surface area contributed by atoms with Crippen molar-refractivity contribution < 1.29 is 17.7 Å². The molecule has 0 aliphatic rings. The minimum atomic E-state index is -3.88. The van der Waals surface area contributed by atoms with Crippen LogP contribution in [0.15, 0.2) is 52.0 Å². The summed E-state index contributed by atoms with van der Waals surface area (Å²) in [6, 6.07) is 9.85. The molecule has 0 saturated heterocycles. The van der Waals surface area contributed by atoms with E-state index in [-0.39, 0.29) is 10.8 Å². The van der Waals surface area contributed by atoms with Crippen molar-refractivity contribution in [2.24, 2.45) is 12.2 Å². The number of primary sulfonamides is 1. The molecule has 10 heteroatoms. The van der Waals surface area contributed by atoms with Crippen molar-refractivity contribution in [3.63, 3.8) is 0 Å². The van der Waals surface area contributed by atoms with E-state index < -0.39 is 10.0 Å². The fourth-order valence-electron chi connectivity index (χ4n) is 2.76. The van der Waals surface area contributed by atoms with Crippen LogP contribution in [0.2, 0.25) is 0 Å². The molecule has 0 saturated carbocycles. The molecular weight excluding hydrogens is 370 g/mol. The van der Waals surface area contributed by atoms with Crippen molar-refractivity contribution in [3.05, 3.63) is 42.6 Å². The molecule has 2 heterocycles. The van der Waals surface area contributed by atoms with Gasteiger partial charge >= 0.3 is 0 Å². The van der Waals surface area contributed by atoms with Gasteiger partial charge in [-0.1, -0.05) is 17.3 Å². The number of hydrogen-bond donors (Lipinski definition) is 1. The molecule has 0 fully saturated rings. The summed E-state index contributed by atoms with van der Waals surface area (Å²) < 4.78 is 35.6. The Morgan fingerprint density at radius 2 is 2.00 bits per heavy atom. The van der Waals surface area contributed by atoms with E-state index in [0.717, 1.165) is 16.5 Å². The molecule has 0 aliphatic heterocycles. The second-order valence-electron chi connectivity index (χ2n) is 5.87. The molecule has 2 aromatic carbocycles. The molecule has 0 aliphatic carbocycles. The molecule has 2 N–H and O–H groups in total. The van der Waals surface area contributed by atoms with Crippen LogP contribution in [0.5, 0.6) is 5.75 Å². The molecule has 0 radical (unpaired) electrons. The average Bonchev–Trinajstić information content (AvgIpc) is 3.27. The van der Waals surface area contributed by atoms with Crippen molar-refractivity contribution in [1.29, 1.82) is 0 Å². The van der Waals surface area contributed by atoms with Crippen LogP contribution in [-0.4, -0.2) is 35.4 Å². The lowest BCUT2D eigenvalue weighted by Gasteiger charge is -2.06. The van der Waals surface area contributed by atoms with Gasteiger partial charge in [-0.25, -0.2) is 13.6 Å². The Balaban J connectivity index is 1.81. The summed E-state index contributed by atoms with van der Waals surface area (Å²) in [5, 5.41) is 14.4. The normalized spacial score (nSPS) is 11.8. The van der Waals surface area contributed by atoms with Gasteiger partial charge in [-0.3, -0.25) is 4.68 Å². The summed E-state index contributed by atoms with van der Waals surface area (Å²) in [5.41, 5.74) is 2.00. The molecule has 0 bridgehead atoms. The van der Waals surface area contributed by atoms with Crippen LogP contribution < -0.4 is 9.88 Å². The van der Waals surface area contributed by atoms with E-state index in [1.165, 1.54) is 25.3 Å². The predicted octanol–water partition coefficient (Wildman–Crippen LogP) is 1.95. The van der Waals surface area contributed by atoms with E-state index >= 15 is 0 Å². The molecule has 2 aromatic heterocycles. The van der Waals surface area contributed by atoms with Crippen molar-refractivity contribution in [1.82, 2.24) is 19.9 Å². The molecule has 4 aromatic rings. The van der Waals surface area contributed by atoms with Crippen molar-refractivity contribution in [3.8, 4) is 28.6 Å². The number of fused-ring (bicyclic) bond motifs is 1. The van der Waals surface area contributed by atoms with Crippen LogP contribution in [-0.2, 0) is 17.1 Å². The third-order valence-electron chi connectivity index (χ3n) is 4.16. The molecule has 138 valence electrons. The number of rotatable bonds is 4. The first-order valence-electron chi connectivity index (χ1n) is 7.84. The van der Waals surface area contributed by atoms with Gasteiger partial charge in [-0.15, -0.1) is 0 Å². The minimum Gasteiger partial charge on any atom is -0.496 e. The number of aromatic nitrogens is 4. The molecule has 4 rings (SSSR count). The van der Waals surface area contributed by atoms with Crippen LogP contribution >= 0.6 is 0 Å². The van der Waals surface area contributed by atoms with Crippen LogP contribution in [0.4, 0.5) is 0 Å². The zero-order valence-corrected chi connectivity index (χ0v) is 15.3. The van der Waals surface area contributed by atoms with Gasteiger partial charge < -0.3 is 9.26 Å². The van der Waals surface area contributed by atoms with Crippen LogP contribution in [0.1, 0.15) is 0 Å². The lowest BCUT2D eigenvalue weighted by atomic mass is 10.1. The first-order chi connectivity index (χ1) is 12.9. The van der Waals surface area contributed by atoms with Crippen LogP contribution in [0.25, 0.3) is 33.7 Å². The topological polar surface area (TPSA) is 126 Å². The Hall–Kier alpha value is -3.24. The van der Waals surface area contributed by atoms with E-state index in [1.807, 2.05) is 25.2 Å². The summed E-state index contributed by atoms with van der Waals surface area (Å²) in [5.74, 6) is 0.869. The number of methoxy groups -OCH3 is 1. The van der Waals surface area contributed by atoms with Gasteiger partial charge in [0.1, 0.15) is 5.75 Å². The minimum absolute atomic E-state index is 0.0747. The molecule has 27 heavy (non-hydrogen) atoms. The molecule has 0 unspecified atom stereocenters. The highest BCUT2D eigenvalue weighted by Gasteiger charge is 2.19. The number of nitrogens with two attached hydrogens (primary N) is 1. The van der Waals surface area contributed by atoms with E-state index in [4.69, 9.17) is 14.4 Å². The molecule has 9 nitrogen and oxygen atoms in total. The Labute approximate surface area is 154 Å². The van der Waals surface area contributed by atoms with Gasteiger partial charge in [0, 0.05) is 18.0 Å². The summed E-state index contributed by atoms with van der Waals surface area (Å²) in [4.78, 5) is 4.31. The fourth-order valence-corrected chi connectivity index (χ4v) is 3.30. The highest BCUT2D eigenvalue weighted by molar-refractivity contribution is 7.89. The van der Waals surface area contributed by atoms with E-state index in [1.54, 1.807) is 10.9 Å². The average molecular weight is 385 g/mol. The number of sulfonamides is 1. The third kappa shape index (κ3) is 3.04. The lowest BCUT2D eigenvalue weighted by Crippen LogP contribution is -2.12. The van der Waals surface area contributed by atoms with Gasteiger partial charge in [-0.05, 0) is 24.3 Å². The van der Waals surface area contributed by atoms with E-state index in [2.05, 4.69) is 15.2 Å². The number of ether oxygens (including phenoxy) is 1. The maximum atomic E-state index is 11.6. The molecule has 0 spiro atoms. The first-order valence-corrected chi connectivity index (χ1v) is 9.38. The van der Waals surface area contributed by atoms with Crippen LogP contribution in [0, 0.1) is 0 Å². The quantitative estimate of drug-likeness (QED) is 0.569. The SMILES string of the molecule is COc1ccc(S(N)(=O)=O)cc1-c1nc(-c2ccc3cnn(C)c3c2)no1. The Morgan fingerprint density at radius 3 is 2.74 bits per heavy atom. The predicted molar refractivity (Wildman–Crippen MR) is 97.4 cm³/mol. The van der Waals surface area contributed by atoms with Gasteiger partial charge in [0.05, 0.1) is 29.3 Å². The standard InChI is InChI=1S/C17H15N5O4S/c1-22-14-7-10(3-4-11(14)9-19-22)16-20-17(26-21-16)13-8-12(27(18,23)24)5-6-15(13)25-2/h3-9H,1-2H3,(H2,18,23,24). The largest absolute Gasteiger partial charge is 0.496 e. The molecule has 0 atom stereocenters. The lowest BCUT2D eigenvalue weighted by molar-refractivity contribution is 0.405. The Morgan fingerprint density at radius 1 is 1.19 bits per heavy atom. The number of hydrogen-bond acceptors (Lipinski definition) is 7. The highest BCUT2D eigenvalue weighted by atomic mass is 32.2. The second-order valence-corrected chi connectivity index (χ2v) is 7.43. The number of benzene rings is 2. The molecule has 0 amide bonds. The van der Waals surface area contributed by atoms with Crippen LogP contribution in [0.3, 0.4) is 0 Å². The summed E-state index contributed by atoms with van der Waals surface area (Å²) >= 11 is 0. The second kappa shape index (κ2) is 6.18. The Kier molecular flexibility index (Phi) is 3.93. The van der Waals surface area contributed by atoms with Gasteiger partial charge in [0.2, 0.25) is 15.8 Å². The van der Waals surface area contributed by atoms with Gasteiger partial charge in [0.25, 0.3) is 5.89 Å². The summed E-state index contributed by atoms with van der Waals surface area (Å²) in [7, 11) is -0.575.